The Morgan fingerprint density at radius 3 is 2.37 bits per heavy atom. The van der Waals surface area contributed by atoms with Crippen LogP contribution in [0.5, 0.6) is 5.75 Å². The quantitative estimate of drug-likeness (QED) is 0.563. The third kappa shape index (κ3) is 4.38. The molecule has 3 amide bonds. The minimum absolute atomic E-state index is 0.188. The average Bonchev–Trinajstić information content (AvgIpc) is 3.30. The molecule has 1 aliphatic rings. The molecule has 3 aromatic rings. The van der Waals surface area contributed by atoms with Crippen LogP contribution in [-0.2, 0) is 11.2 Å². The number of hydrogen-bond donors (Lipinski definition) is 1. The Morgan fingerprint density at radius 2 is 1.67 bits per heavy atom. The number of benzene rings is 2. The summed E-state index contributed by atoms with van der Waals surface area (Å²) in [5.74, 6) is -0.0127. The highest BCUT2D eigenvalue weighted by Gasteiger charge is 2.34. The lowest BCUT2D eigenvalue weighted by atomic mass is 10.1. The number of nitrogens with zero attached hydrogens (tertiary/aromatic N) is 2. The van der Waals surface area contributed by atoms with Crippen molar-refractivity contribution in [3.8, 4) is 5.75 Å². The van der Waals surface area contributed by atoms with Gasteiger partial charge in [0.15, 0.2) is 5.13 Å². The van der Waals surface area contributed by atoms with Crippen LogP contribution in [0.15, 0.2) is 60.8 Å². The van der Waals surface area contributed by atoms with Gasteiger partial charge in [-0.25, -0.2) is 4.98 Å². The number of fused-ring (bicyclic) bond motifs is 1. The molecule has 0 saturated heterocycles. The molecule has 0 saturated carbocycles. The maximum absolute atomic E-state index is 12.4. The monoisotopic (exact) mass is 421 g/mol. The minimum Gasteiger partial charge on any atom is -0.493 e. The van der Waals surface area contributed by atoms with E-state index in [4.69, 9.17) is 4.74 Å². The van der Waals surface area contributed by atoms with Crippen molar-refractivity contribution < 1.29 is 19.1 Å². The van der Waals surface area contributed by atoms with Crippen LogP contribution in [0.4, 0.5) is 5.13 Å². The second kappa shape index (κ2) is 8.87. The summed E-state index contributed by atoms with van der Waals surface area (Å²) in [5, 5.41) is 3.23. The number of amides is 3. The molecule has 0 spiro atoms. The second-order valence-electron chi connectivity index (χ2n) is 6.65. The van der Waals surface area contributed by atoms with Gasteiger partial charge in [0.2, 0.25) is 5.91 Å². The Balaban J connectivity index is 1.25. The number of thiazole rings is 1. The van der Waals surface area contributed by atoms with Gasteiger partial charge in [0, 0.05) is 24.0 Å². The molecule has 0 aliphatic carbocycles. The summed E-state index contributed by atoms with van der Waals surface area (Å²) in [7, 11) is 0. The van der Waals surface area contributed by atoms with Crippen LogP contribution >= 0.6 is 11.3 Å². The maximum Gasteiger partial charge on any atom is 0.261 e. The number of para-hydroxylation sites is 1. The summed E-state index contributed by atoms with van der Waals surface area (Å²) in [6, 6.07) is 16.1. The van der Waals surface area contributed by atoms with Crippen molar-refractivity contribution in [2.45, 2.75) is 12.8 Å². The van der Waals surface area contributed by atoms with Crippen LogP contribution in [-0.4, -0.2) is 40.8 Å². The SMILES string of the molecule is O=C(CCOc1ccccc1)Nc1ncc(CCN2C(=O)c3ccccc3C2=O)s1. The molecule has 4 rings (SSSR count). The van der Waals surface area contributed by atoms with Gasteiger partial charge in [0.05, 0.1) is 24.2 Å². The van der Waals surface area contributed by atoms with E-state index in [-0.39, 0.29) is 37.3 Å². The van der Waals surface area contributed by atoms with Crippen LogP contribution in [0, 0.1) is 0 Å². The molecule has 0 atom stereocenters. The molecule has 7 nitrogen and oxygen atoms in total. The van der Waals surface area contributed by atoms with Gasteiger partial charge < -0.3 is 10.1 Å². The number of nitrogens with one attached hydrogen (secondary N) is 1. The molecular formula is C22H19N3O4S. The first-order valence-corrected chi connectivity index (χ1v) is 10.3. The van der Waals surface area contributed by atoms with Gasteiger partial charge in [-0.1, -0.05) is 30.3 Å². The van der Waals surface area contributed by atoms with E-state index in [2.05, 4.69) is 10.3 Å². The van der Waals surface area contributed by atoms with E-state index >= 15 is 0 Å². The van der Waals surface area contributed by atoms with Crippen molar-refractivity contribution in [3.63, 3.8) is 0 Å². The van der Waals surface area contributed by atoms with E-state index in [1.807, 2.05) is 30.3 Å². The third-order valence-corrected chi connectivity index (χ3v) is 5.57. The predicted octanol–water partition coefficient (Wildman–Crippen LogP) is 3.39. The van der Waals surface area contributed by atoms with Crippen molar-refractivity contribution in [2.24, 2.45) is 0 Å². The first-order chi connectivity index (χ1) is 14.6. The fourth-order valence-electron chi connectivity index (χ4n) is 3.11. The number of imide groups is 1. The number of aromatic nitrogens is 1. The highest BCUT2D eigenvalue weighted by atomic mass is 32.1. The van der Waals surface area contributed by atoms with Crippen molar-refractivity contribution in [1.82, 2.24) is 9.88 Å². The summed E-state index contributed by atoms with van der Waals surface area (Å²) in [6.07, 6.45) is 2.34. The smallest absolute Gasteiger partial charge is 0.261 e. The summed E-state index contributed by atoms with van der Waals surface area (Å²) in [6.45, 7) is 0.542. The second-order valence-corrected chi connectivity index (χ2v) is 7.76. The molecule has 1 aromatic heterocycles. The van der Waals surface area contributed by atoms with Crippen LogP contribution < -0.4 is 10.1 Å². The lowest BCUT2D eigenvalue weighted by Crippen LogP contribution is -2.31. The van der Waals surface area contributed by atoms with Gasteiger partial charge in [-0.15, -0.1) is 11.3 Å². The van der Waals surface area contributed by atoms with Crippen LogP contribution in [0.25, 0.3) is 0 Å². The molecule has 1 aliphatic heterocycles. The largest absolute Gasteiger partial charge is 0.493 e. The fraction of sp³-hybridized carbons (Fsp3) is 0.182. The third-order valence-electron chi connectivity index (χ3n) is 4.60. The summed E-state index contributed by atoms with van der Waals surface area (Å²) in [5.41, 5.74) is 0.884. The van der Waals surface area contributed by atoms with Gasteiger partial charge in [-0.2, -0.15) is 0 Å². The molecular weight excluding hydrogens is 402 g/mol. The Hall–Kier alpha value is -3.52. The van der Waals surface area contributed by atoms with E-state index in [0.717, 1.165) is 10.6 Å². The molecule has 30 heavy (non-hydrogen) atoms. The first-order valence-electron chi connectivity index (χ1n) is 9.49. The van der Waals surface area contributed by atoms with E-state index in [0.29, 0.717) is 22.7 Å². The Labute approximate surface area is 177 Å². The summed E-state index contributed by atoms with van der Waals surface area (Å²) >= 11 is 1.33. The standard InChI is InChI=1S/C22H19N3O4S/c26-19(11-13-29-15-6-2-1-3-7-15)24-22-23-14-16(30-22)10-12-25-20(27)17-8-4-5-9-18(17)21(25)28/h1-9,14H,10-13H2,(H,23,24,26). The molecule has 8 heteroatoms. The van der Waals surface area contributed by atoms with Crippen molar-refractivity contribution in [2.75, 3.05) is 18.5 Å². The van der Waals surface area contributed by atoms with Crippen LogP contribution in [0.3, 0.4) is 0 Å². The van der Waals surface area contributed by atoms with Gasteiger partial charge in [0.25, 0.3) is 11.8 Å². The van der Waals surface area contributed by atoms with E-state index < -0.39 is 0 Å². The van der Waals surface area contributed by atoms with Crippen molar-refractivity contribution >= 4 is 34.2 Å². The summed E-state index contributed by atoms with van der Waals surface area (Å²) in [4.78, 5) is 43.2. The Bertz CT molecular complexity index is 1050. The number of carbonyl (C=O) groups excluding carboxylic acids is 3. The zero-order chi connectivity index (χ0) is 20.9. The predicted molar refractivity (Wildman–Crippen MR) is 113 cm³/mol. The minimum atomic E-state index is -0.271. The van der Waals surface area contributed by atoms with Crippen LogP contribution in [0.1, 0.15) is 32.0 Å². The maximum atomic E-state index is 12.4. The molecule has 0 unspecified atom stereocenters. The zero-order valence-corrected chi connectivity index (χ0v) is 16.9. The highest BCUT2D eigenvalue weighted by Crippen LogP contribution is 2.24. The molecule has 152 valence electrons. The normalized spacial score (nSPS) is 12.7. The number of ether oxygens (including phenoxy) is 1. The van der Waals surface area contributed by atoms with Gasteiger partial charge in [0.1, 0.15) is 5.75 Å². The van der Waals surface area contributed by atoms with Crippen molar-refractivity contribution in [3.05, 3.63) is 76.8 Å². The molecule has 0 bridgehead atoms. The van der Waals surface area contributed by atoms with E-state index in [1.165, 1.54) is 16.2 Å². The molecule has 0 radical (unpaired) electrons. The molecule has 0 fully saturated rings. The van der Waals surface area contributed by atoms with Gasteiger partial charge in [-0.3, -0.25) is 19.3 Å². The van der Waals surface area contributed by atoms with E-state index in [1.54, 1.807) is 30.5 Å². The lowest BCUT2D eigenvalue weighted by Gasteiger charge is -2.12. The number of rotatable bonds is 8. The lowest BCUT2D eigenvalue weighted by molar-refractivity contribution is -0.116. The number of carbonyl (C=O) groups is 3. The Morgan fingerprint density at radius 1 is 1.00 bits per heavy atom. The van der Waals surface area contributed by atoms with Gasteiger partial charge in [-0.05, 0) is 24.3 Å². The molecule has 2 heterocycles. The fourth-order valence-corrected chi connectivity index (χ4v) is 3.92. The molecule has 2 aromatic carbocycles. The van der Waals surface area contributed by atoms with Crippen molar-refractivity contribution in [1.29, 1.82) is 0 Å². The zero-order valence-electron chi connectivity index (χ0n) is 16.0. The number of hydrogen-bond acceptors (Lipinski definition) is 6. The summed E-state index contributed by atoms with van der Waals surface area (Å²) < 4.78 is 5.51. The average molecular weight is 421 g/mol. The highest BCUT2D eigenvalue weighted by molar-refractivity contribution is 7.15. The Kier molecular flexibility index (Phi) is 5.85. The molecule has 1 N–H and O–H groups in total. The van der Waals surface area contributed by atoms with Crippen LogP contribution in [0.2, 0.25) is 0 Å². The van der Waals surface area contributed by atoms with E-state index in [9.17, 15) is 14.4 Å². The number of anilines is 1. The first kappa shape index (κ1) is 19.8. The van der Waals surface area contributed by atoms with Gasteiger partial charge >= 0.3 is 0 Å². The topological polar surface area (TPSA) is 88.6 Å².